The molecule has 0 spiro atoms. The Balaban J connectivity index is 0.000000152. The van der Waals surface area contributed by atoms with Crippen molar-refractivity contribution in [2.45, 2.75) is 33.1 Å². The zero-order chi connectivity index (χ0) is 18.5. The van der Waals surface area contributed by atoms with Crippen molar-refractivity contribution in [1.82, 2.24) is 0 Å². The van der Waals surface area contributed by atoms with Gasteiger partial charge in [0.15, 0.2) is 0 Å². The van der Waals surface area contributed by atoms with Crippen molar-refractivity contribution in [1.29, 1.82) is 0 Å². The third kappa shape index (κ3) is 4.23. The molecule has 0 aliphatic carbocycles. The molecule has 4 aromatic carbocycles. The fourth-order valence-corrected chi connectivity index (χ4v) is 3.07. The summed E-state index contributed by atoms with van der Waals surface area (Å²) in [7, 11) is 0. The summed E-state index contributed by atoms with van der Waals surface area (Å²) in [4.78, 5) is 0. The third-order valence-electron chi connectivity index (χ3n) is 4.74. The van der Waals surface area contributed by atoms with Crippen LogP contribution in [0.3, 0.4) is 0 Å². The van der Waals surface area contributed by atoms with E-state index in [4.69, 9.17) is 0 Å². The fraction of sp³-hybridized carbons (Fsp3) is 0.200. The highest BCUT2D eigenvalue weighted by atomic mass is 16.3. The Morgan fingerprint density at radius 1 is 0.692 bits per heavy atom. The van der Waals surface area contributed by atoms with Crippen LogP contribution in [-0.4, -0.2) is 5.11 Å². The molecule has 26 heavy (non-hydrogen) atoms. The van der Waals surface area contributed by atoms with E-state index < -0.39 is 0 Å². The van der Waals surface area contributed by atoms with Crippen LogP contribution in [0.4, 0.5) is 0 Å². The molecule has 0 amide bonds. The first-order valence-corrected chi connectivity index (χ1v) is 9.27. The second-order valence-corrected chi connectivity index (χ2v) is 6.98. The predicted molar refractivity (Wildman–Crippen MR) is 113 cm³/mol. The highest BCUT2D eigenvalue weighted by molar-refractivity contribution is 5.84. The van der Waals surface area contributed by atoms with Gasteiger partial charge in [-0.3, -0.25) is 0 Å². The molecule has 1 heteroatoms. The Bertz CT molecular complexity index is 1010. The lowest BCUT2D eigenvalue weighted by molar-refractivity contribution is 0.476. The van der Waals surface area contributed by atoms with E-state index in [0.29, 0.717) is 11.7 Å². The number of aryl methyl sites for hydroxylation is 1. The number of aromatic hydroxyl groups is 1. The Kier molecular flexibility index (Phi) is 5.58. The van der Waals surface area contributed by atoms with Gasteiger partial charge in [-0.25, -0.2) is 0 Å². The Hall–Kier alpha value is -2.80. The van der Waals surface area contributed by atoms with Gasteiger partial charge in [-0.1, -0.05) is 87.5 Å². The summed E-state index contributed by atoms with van der Waals surface area (Å²) in [5.41, 5.74) is 2.75. The number of rotatable bonds is 2. The molecule has 0 atom stereocenters. The molecule has 132 valence electrons. The summed E-state index contributed by atoms with van der Waals surface area (Å²) in [6, 6.07) is 26.9. The molecule has 4 rings (SSSR count). The molecule has 0 bridgehead atoms. The highest BCUT2D eigenvalue weighted by Gasteiger charge is 2.00. The minimum atomic E-state index is 0.329. The second kappa shape index (κ2) is 8.05. The number of fused-ring (bicyclic) bond motifs is 2. The molecule has 0 unspecified atom stereocenters. The molecule has 0 aromatic heterocycles. The maximum Gasteiger partial charge on any atom is 0.116 e. The van der Waals surface area contributed by atoms with Crippen LogP contribution in [0, 0.1) is 0 Å². The minimum absolute atomic E-state index is 0.329. The Morgan fingerprint density at radius 3 is 2.04 bits per heavy atom. The third-order valence-corrected chi connectivity index (χ3v) is 4.74. The van der Waals surface area contributed by atoms with Crippen molar-refractivity contribution in [3.8, 4) is 5.75 Å². The largest absolute Gasteiger partial charge is 0.508 e. The molecule has 0 radical (unpaired) electrons. The van der Waals surface area contributed by atoms with E-state index in [1.807, 2.05) is 6.07 Å². The second-order valence-electron chi connectivity index (χ2n) is 6.98. The number of phenolic OH excluding ortho intramolecular Hbond substituents is 1. The Morgan fingerprint density at radius 2 is 1.31 bits per heavy atom. The van der Waals surface area contributed by atoms with Crippen molar-refractivity contribution >= 4 is 21.5 Å². The monoisotopic (exact) mass is 342 g/mol. The molecule has 4 aromatic rings. The first kappa shape index (κ1) is 18.0. The normalized spacial score (nSPS) is 10.8. The van der Waals surface area contributed by atoms with Crippen LogP contribution in [0.2, 0.25) is 0 Å². The van der Waals surface area contributed by atoms with Crippen molar-refractivity contribution in [3.63, 3.8) is 0 Å². The highest BCUT2D eigenvalue weighted by Crippen LogP contribution is 2.24. The number of phenols is 1. The molecule has 0 aliphatic rings. The van der Waals surface area contributed by atoms with Crippen LogP contribution in [-0.2, 0) is 6.42 Å². The molecule has 0 aliphatic heterocycles. The first-order valence-electron chi connectivity index (χ1n) is 9.27. The van der Waals surface area contributed by atoms with Gasteiger partial charge in [0.1, 0.15) is 5.75 Å². The van der Waals surface area contributed by atoms with Gasteiger partial charge in [0.05, 0.1) is 0 Å². The van der Waals surface area contributed by atoms with Gasteiger partial charge in [0.25, 0.3) is 0 Å². The van der Waals surface area contributed by atoms with Crippen molar-refractivity contribution in [2.24, 2.45) is 0 Å². The van der Waals surface area contributed by atoms with E-state index in [9.17, 15) is 5.11 Å². The average molecular weight is 342 g/mol. The average Bonchev–Trinajstić information content (AvgIpc) is 2.67. The Labute approximate surface area is 155 Å². The smallest absolute Gasteiger partial charge is 0.116 e. The molecular weight excluding hydrogens is 316 g/mol. The fourth-order valence-electron chi connectivity index (χ4n) is 3.07. The predicted octanol–water partition coefficient (Wildman–Crippen LogP) is 7.07. The quantitative estimate of drug-likeness (QED) is 0.413. The molecule has 0 saturated carbocycles. The van der Waals surface area contributed by atoms with E-state index in [2.05, 4.69) is 81.4 Å². The molecular formula is C25H26O. The topological polar surface area (TPSA) is 20.2 Å². The minimum Gasteiger partial charge on any atom is -0.508 e. The van der Waals surface area contributed by atoms with Crippen LogP contribution in [0.25, 0.3) is 21.5 Å². The van der Waals surface area contributed by atoms with Gasteiger partial charge in [-0.05, 0) is 57.1 Å². The van der Waals surface area contributed by atoms with Gasteiger partial charge in [0, 0.05) is 0 Å². The number of benzene rings is 4. The standard InChI is InChI=1S/C13H14O.C12H12/c1-9(2)10-3-4-12-8-13(14)6-5-11(12)7-10;1-2-10-7-8-11-5-3-4-6-12(11)9-10/h3-9,14H,1-2H3;3-9H,2H2,1H3. The summed E-state index contributed by atoms with van der Waals surface area (Å²) >= 11 is 0. The zero-order valence-electron chi connectivity index (χ0n) is 15.7. The molecule has 0 saturated heterocycles. The van der Waals surface area contributed by atoms with E-state index in [-0.39, 0.29) is 0 Å². The summed E-state index contributed by atoms with van der Waals surface area (Å²) in [6.07, 6.45) is 1.12. The van der Waals surface area contributed by atoms with Crippen LogP contribution >= 0.6 is 0 Å². The summed E-state index contributed by atoms with van der Waals surface area (Å²) in [6.45, 7) is 6.55. The van der Waals surface area contributed by atoms with Crippen LogP contribution in [0.1, 0.15) is 37.8 Å². The van der Waals surface area contributed by atoms with E-state index in [0.717, 1.165) is 11.8 Å². The lowest BCUT2D eigenvalue weighted by atomic mass is 9.99. The van der Waals surface area contributed by atoms with Gasteiger partial charge >= 0.3 is 0 Å². The van der Waals surface area contributed by atoms with Crippen molar-refractivity contribution < 1.29 is 5.11 Å². The van der Waals surface area contributed by atoms with Gasteiger partial charge < -0.3 is 5.11 Å². The first-order chi connectivity index (χ1) is 12.6. The van der Waals surface area contributed by atoms with Gasteiger partial charge in [0.2, 0.25) is 0 Å². The van der Waals surface area contributed by atoms with Gasteiger partial charge in [-0.15, -0.1) is 0 Å². The lowest BCUT2D eigenvalue weighted by Gasteiger charge is -2.06. The van der Waals surface area contributed by atoms with E-state index >= 15 is 0 Å². The molecule has 0 heterocycles. The summed E-state index contributed by atoms with van der Waals surface area (Å²) < 4.78 is 0. The van der Waals surface area contributed by atoms with Crippen molar-refractivity contribution in [2.75, 3.05) is 0 Å². The maximum absolute atomic E-state index is 9.31. The van der Waals surface area contributed by atoms with Crippen LogP contribution in [0.5, 0.6) is 5.75 Å². The van der Waals surface area contributed by atoms with Gasteiger partial charge in [-0.2, -0.15) is 0 Å². The molecule has 1 nitrogen and oxygen atoms in total. The number of hydrogen-bond donors (Lipinski definition) is 1. The van der Waals surface area contributed by atoms with Crippen LogP contribution < -0.4 is 0 Å². The summed E-state index contributed by atoms with van der Waals surface area (Å²) in [5, 5.41) is 14.3. The zero-order valence-corrected chi connectivity index (χ0v) is 15.7. The van der Waals surface area contributed by atoms with Crippen molar-refractivity contribution in [3.05, 3.63) is 90.0 Å². The van der Waals surface area contributed by atoms with Crippen LogP contribution in [0.15, 0.2) is 78.9 Å². The molecule has 1 N–H and O–H groups in total. The molecule has 0 fully saturated rings. The van der Waals surface area contributed by atoms with E-state index in [1.54, 1.807) is 12.1 Å². The lowest BCUT2D eigenvalue weighted by Crippen LogP contribution is -1.86. The number of hydrogen-bond acceptors (Lipinski definition) is 1. The SMILES string of the molecule is CC(C)c1ccc2cc(O)ccc2c1.CCc1ccc2ccccc2c1. The van der Waals surface area contributed by atoms with E-state index in [1.165, 1.54) is 27.3 Å². The summed E-state index contributed by atoms with van der Waals surface area (Å²) in [5.74, 6) is 0.878. The maximum atomic E-state index is 9.31.